The van der Waals surface area contributed by atoms with Crippen LogP contribution in [-0.2, 0) is 27.6 Å². The number of benzene rings is 2. The van der Waals surface area contributed by atoms with Gasteiger partial charge in [0.15, 0.2) is 17.1 Å². The second-order valence-corrected chi connectivity index (χ2v) is 9.60. The summed E-state index contributed by atoms with van der Waals surface area (Å²) in [5.74, 6) is 1.84. The van der Waals surface area contributed by atoms with E-state index in [9.17, 15) is 10.2 Å². The number of likely N-dealkylation sites (tertiary alicyclic amines) is 1. The van der Waals surface area contributed by atoms with Gasteiger partial charge in [0.25, 0.3) is 0 Å². The predicted octanol–water partition coefficient (Wildman–Crippen LogP) is 2.73. The van der Waals surface area contributed by atoms with E-state index in [0.29, 0.717) is 5.56 Å². The molecule has 4 aliphatic carbocycles. The van der Waals surface area contributed by atoms with Crippen LogP contribution in [0.3, 0.4) is 0 Å². The van der Waals surface area contributed by atoms with Crippen LogP contribution in [0, 0.1) is 0 Å². The number of hydrogen-bond acceptors (Lipinski definition) is 6. The molecule has 0 saturated carbocycles. The van der Waals surface area contributed by atoms with E-state index >= 15 is 0 Å². The number of phenolic OH excluding ortho intramolecular Hbond substituents is 2. The van der Waals surface area contributed by atoms with Crippen molar-refractivity contribution in [2.45, 2.75) is 41.4 Å². The van der Waals surface area contributed by atoms with Gasteiger partial charge in [0, 0.05) is 35.3 Å². The number of ether oxygens (including phenoxy) is 3. The Morgan fingerprint density at radius 2 is 1.81 bits per heavy atom. The summed E-state index contributed by atoms with van der Waals surface area (Å²) >= 11 is 0. The molecule has 6 aliphatic rings. The van der Waals surface area contributed by atoms with Gasteiger partial charge in [0.2, 0.25) is 0 Å². The molecule has 2 aromatic rings. The van der Waals surface area contributed by atoms with Crippen LogP contribution in [0.4, 0.5) is 0 Å². The van der Waals surface area contributed by atoms with Crippen LogP contribution in [0.15, 0.2) is 36.4 Å². The quantitative estimate of drug-likeness (QED) is 0.576. The van der Waals surface area contributed by atoms with Crippen molar-refractivity contribution in [2.24, 2.45) is 0 Å². The molecule has 1 fully saturated rings. The Balaban J connectivity index is 1.70. The van der Waals surface area contributed by atoms with E-state index in [1.165, 1.54) is 11.1 Å². The van der Waals surface area contributed by atoms with Crippen LogP contribution in [0.1, 0.15) is 28.7 Å². The van der Waals surface area contributed by atoms with Crippen molar-refractivity contribution in [1.29, 1.82) is 0 Å². The van der Waals surface area contributed by atoms with Gasteiger partial charge in [-0.2, -0.15) is 0 Å². The fraction of sp³-hybridized carbons (Fsp3) is 0.440. The molecule has 1 unspecified atom stereocenters. The zero-order valence-corrected chi connectivity index (χ0v) is 17.8. The summed E-state index contributed by atoms with van der Waals surface area (Å²) < 4.78 is 18.7. The molecule has 8 rings (SSSR count). The van der Waals surface area contributed by atoms with Crippen molar-refractivity contribution in [2.75, 3.05) is 27.8 Å². The van der Waals surface area contributed by atoms with Gasteiger partial charge in [-0.05, 0) is 56.3 Å². The molecule has 2 N–H and O–H groups in total. The van der Waals surface area contributed by atoms with E-state index in [4.69, 9.17) is 14.2 Å². The summed E-state index contributed by atoms with van der Waals surface area (Å²) in [4.78, 5) is 2.40. The molecule has 0 amide bonds. The van der Waals surface area contributed by atoms with Gasteiger partial charge >= 0.3 is 0 Å². The first-order valence-corrected chi connectivity index (χ1v) is 10.8. The highest BCUT2D eigenvalue weighted by atomic mass is 16.6. The first kappa shape index (κ1) is 17.9. The lowest BCUT2D eigenvalue weighted by atomic mass is 9.37. The molecule has 5 atom stereocenters. The summed E-state index contributed by atoms with van der Waals surface area (Å²) in [5.41, 5.74) is 1.94. The molecule has 1 saturated heterocycles. The van der Waals surface area contributed by atoms with Crippen molar-refractivity contribution in [3.63, 3.8) is 0 Å². The maximum atomic E-state index is 11.3. The van der Waals surface area contributed by atoms with Gasteiger partial charge in [-0.1, -0.05) is 12.1 Å². The number of rotatable bonds is 2. The van der Waals surface area contributed by atoms with Crippen LogP contribution in [0.2, 0.25) is 0 Å². The number of likely N-dealkylation sites (N-methyl/N-ethyl adjacent to an activating group) is 1. The van der Waals surface area contributed by atoms with E-state index in [2.05, 4.69) is 30.2 Å². The highest BCUT2D eigenvalue weighted by molar-refractivity contribution is 5.75. The fourth-order valence-corrected chi connectivity index (χ4v) is 7.87. The van der Waals surface area contributed by atoms with E-state index < -0.39 is 16.4 Å². The second-order valence-electron chi connectivity index (χ2n) is 9.60. The summed E-state index contributed by atoms with van der Waals surface area (Å²) in [6.07, 6.45) is 5.64. The first-order chi connectivity index (χ1) is 15.0. The van der Waals surface area contributed by atoms with E-state index in [-0.39, 0.29) is 23.6 Å². The third kappa shape index (κ3) is 1.55. The first-order valence-electron chi connectivity index (χ1n) is 10.8. The third-order valence-electron chi connectivity index (χ3n) is 8.91. The topological polar surface area (TPSA) is 71.4 Å². The number of aromatic hydroxyl groups is 2. The zero-order valence-electron chi connectivity index (χ0n) is 17.8. The summed E-state index contributed by atoms with van der Waals surface area (Å²) in [5, 5.41) is 22.3. The lowest BCUT2D eigenvalue weighted by Gasteiger charge is -2.69. The maximum absolute atomic E-state index is 11.3. The van der Waals surface area contributed by atoms with Gasteiger partial charge in [0.1, 0.15) is 17.6 Å². The van der Waals surface area contributed by atoms with Crippen molar-refractivity contribution >= 4 is 0 Å². The maximum Gasteiger partial charge on any atom is 0.166 e. The Hall–Kier alpha value is -2.70. The molecule has 2 aliphatic heterocycles. The fourth-order valence-electron chi connectivity index (χ4n) is 7.87. The zero-order chi connectivity index (χ0) is 21.3. The largest absolute Gasteiger partial charge is 0.508 e. The molecule has 0 radical (unpaired) electrons. The molecule has 31 heavy (non-hydrogen) atoms. The average molecular weight is 419 g/mol. The van der Waals surface area contributed by atoms with Gasteiger partial charge in [-0.15, -0.1) is 0 Å². The van der Waals surface area contributed by atoms with Gasteiger partial charge < -0.3 is 29.3 Å². The molecule has 4 bridgehead atoms. The van der Waals surface area contributed by atoms with Crippen molar-refractivity contribution < 1.29 is 24.4 Å². The number of phenols is 2. The Morgan fingerprint density at radius 1 is 1.03 bits per heavy atom. The molecular formula is C25H25NO5. The summed E-state index contributed by atoms with van der Waals surface area (Å²) in [6.45, 7) is 0.922. The molecule has 2 heterocycles. The Kier molecular flexibility index (Phi) is 3.00. The van der Waals surface area contributed by atoms with Gasteiger partial charge in [0.05, 0.1) is 12.5 Å². The van der Waals surface area contributed by atoms with Crippen LogP contribution < -0.4 is 9.47 Å². The SMILES string of the molecule is COc1ccc2c3c1O[C@H]1C4(OC)C=C[C@]5(c6c(O)ccc(O)c64)[C@@H](C2)N(C)CC[C@]315. The van der Waals surface area contributed by atoms with Crippen molar-refractivity contribution in [3.8, 4) is 23.0 Å². The molecule has 6 heteroatoms. The number of methoxy groups -OCH3 is 2. The van der Waals surface area contributed by atoms with Gasteiger partial charge in [-0.3, -0.25) is 0 Å². The molecule has 6 nitrogen and oxygen atoms in total. The molecule has 0 aromatic heterocycles. The minimum absolute atomic E-state index is 0.122. The summed E-state index contributed by atoms with van der Waals surface area (Å²) in [6, 6.07) is 7.45. The number of nitrogens with zero attached hydrogens (tertiary/aromatic N) is 1. The summed E-state index contributed by atoms with van der Waals surface area (Å²) in [7, 11) is 5.49. The third-order valence-corrected chi connectivity index (χ3v) is 8.91. The number of hydrogen-bond donors (Lipinski definition) is 2. The van der Waals surface area contributed by atoms with E-state index in [1.807, 2.05) is 6.07 Å². The lowest BCUT2D eigenvalue weighted by Crippen LogP contribution is -2.77. The van der Waals surface area contributed by atoms with E-state index in [0.717, 1.165) is 36.4 Å². The van der Waals surface area contributed by atoms with Crippen molar-refractivity contribution in [1.82, 2.24) is 4.90 Å². The monoisotopic (exact) mass is 419 g/mol. The van der Waals surface area contributed by atoms with Crippen LogP contribution in [0.5, 0.6) is 23.0 Å². The Labute approximate surface area is 180 Å². The molecule has 2 aromatic carbocycles. The van der Waals surface area contributed by atoms with Crippen LogP contribution in [0.25, 0.3) is 0 Å². The normalized spacial score (nSPS) is 37.9. The minimum Gasteiger partial charge on any atom is -0.508 e. The highest BCUT2D eigenvalue weighted by Crippen LogP contribution is 2.75. The van der Waals surface area contributed by atoms with Crippen LogP contribution >= 0.6 is 0 Å². The second kappa shape index (κ2) is 5.19. The minimum atomic E-state index is -1.00. The lowest BCUT2D eigenvalue weighted by molar-refractivity contribution is -0.145. The highest BCUT2D eigenvalue weighted by Gasteiger charge is 2.79. The van der Waals surface area contributed by atoms with Crippen LogP contribution in [-0.4, -0.2) is 55.1 Å². The Bertz CT molecular complexity index is 1210. The van der Waals surface area contributed by atoms with Gasteiger partial charge in [-0.25, -0.2) is 0 Å². The molecular weight excluding hydrogens is 394 g/mol. The molecule has 2 spiro atoms. The molecule has 160 valence electrons. The predicted molar refractivity (Wildman–Crippen MR) is 113 cm³/mol. The number of piperidine rings is 1. The smallest absolute Gasteiger partial charge is 0.166 e. The Morgan fingerprint density at radius 3 is 2.55 bits per heavy atom. The average Bonchev–Trinajstić information content (AvgIpc) is 3.15. The van der Waals surface area contributed by atoms with Crippen molar-refractivity contribution in [3.05, 3.63) is 58.7 Å². The standard InChI is InChI=1S/C25H25NO5/c1-26-11-10-24-18-13-4-7-16(29-2)21(18)31-22(24)25(30-3)9-8-23(24,17(26)12-13)19-14(27)5-6-15(28)20(19)25/h4-9,17,22,27-28H,10-12H2,1-3H3/t17-,22-,23-,24+,25?/m1/s1. The van der Waals surface area contributed by atoms with E-state index in [1.54, 1.807) is 26.4 Å².